The van der Waals surface area contributed by atoms with Crippen molar-refractivity contribution in [3.05, 3.63) is 21.9 Å². The zero-order valence-electron chi connectivity index (χ0n) is 12.4. The lowest BCUT2D eigenvalue weighted by Gasteiger charge is -2.37. The molecule has 0 radical (unpaired) electrons. The topological polar surface area (TPSA) is 32.3 Å². The van der Waals surface area contributed by atoms with Gasteiger partial charge in [0, 0.05) is 24.7 Å². The number of carbonyl (C=O) groups excluding carboxylic acids is 1. The van der Waals surface area contributed by atoms with Crippen LogP contribution in [0.5, 0.6) is 0 Å². The first-order valence-electron chi connectivity index (χ1n) is 7.80. The van der Waals surface area contributed by atoms with Crippen molar-refractivity contribution in [1.29, 1.82) is 0 Å². The Morgan fingerprint density at radius 1 is 1.40 bits per heavy atom. The molecule has 3 heterocycles. The van der Waals surface area contributed by atoms with Crippen LogP contribution in [0.4, 0.5) is 0 Å². The number of nitrogens with zero attached hydrogens (tertiary/aromatic N) is 1. The predicted octanol–water partition coefficient (Wildman–Crippen LogP) is 3.19. The van der Waals surface area contributed by atoms with E-state index in [2.05, 4.69) is 17.1 Å². The second-order valence-corrected chi connectivity index (χ2v) is 7.11. The van der Waals surface area contributed by atoms with Gasteiger partial charge in [-0.1, -0.05) is 6.92 Å². The van der Waals surface area contributed by atoms with E-state index < -0.39 is 0 Å². The van der Waals surface area contributed by atoms with Gasteiger partial charge in [-0.2, -0.15) is 0 Å². The van der Waals surface area contributed by atoms with E-state index in [1.54, 1.807) is 11.3 Å². The maximum absolute atomic E-state index is 12.9. The van der Waals surface area contributed by atoms with Crippen molar-refractivity contribution < 1.29 is 4.79 Å². The molecule has 1 aromatic rings. The van der Waals surface area contributed by atoms with E-state index in [0.717, 1.165) is 36.2 Å². The third kappa shape index (κ3) is 2.63. The largest absolute Gasteiger partial charge is 0.335 e. The van der Waals surface area contributed by atoms with Gasteiger partial charge < -0.3 is 10.2 Å². The number of hydrogen-bond acceptors (Lipinski definition) is 3. The molecule has 0 aromatic carbocycles. The van der Waals surface area contributed by atoms with Gasteiger partial charge in [-0.15, -0.1) is 11.3 Å². The van der Waals surface area contributed by atoms with E-state index in [1.165, 1.54) is 12.8 Å². The molecule has 2 atom stereocenters. The number of amides is 1. The van der Waals surface area contributed by atoms with Gasteiger partial charge in [0.2, 0.25) is 0 Å². The number of hydrogen-bond donors (Lipinski definition) is 1. The highest BCUT2D eigenvalue weighted by Crippen LogP contribution is 2.31. The fourth-order valence-electron chi connectivity index (χ4n) is 3.69. The van der Waals surface area contributed by atoms with Crippen molar-refractivity contribution in [2.24, 2.45) is 0 Å². The van der Waals surface area contributed by atoms with Crippen molar-refractivity contribution in [3.8, 4) is 0 Å². The van der Waals surface area contributed by atoms with Gasteiger partial charge in [-0.3, -0.25) is 4.79 Å². The van der Waals surface area contributed by atoms with Gasteiger partial charge in [-0.25, -0.2) is 0 Å². The lowest BCUT2D eigenvalue weighted by molar-refractivity contribution is 0.0621. The number of thiophene rings is 1. The highest BCUT2D eigenvalue weighted by molar-refractivity contribution is 7.12. The molecule has 4 heteroatoms. The molecule has 2 saturated heterocycles. The van der Waals surface area contributed by atoms with Crippen molar-refractivity contribution in [2.45, 2.75) is 64.1 Å². The van der Waals surface area contributed by atoms with E-state index >= 15 is 0 Å². The first-order chi connectivity index (χ1) is 9.69. The Bertz CT molecular complexity index is 473. The number of carbonyl (C=O) groups is 1. The smallest absolute Gasteiger partial charge is 0.264 e. The summed E-state index contributed by atoms with van der Waals surface area (Å²) in [6, 6.07) is 3.75. The van der Waals surface area contributed by atoms with Crippen molar-refractivity contribution in [2.75, 3.05) is 6.54 Å². The second kappa shape index (κ2) is 5.86. The van der Waals surface area contributed by atoms with Gasteiger partial charge in [-0.05, 0) is 56.0 Å². The van der Waals surface area contributed by atoms with Crippen LogP contribution in [0.2, 0.25) is 0 Å². The standard InChI is InChI=1S/C16H24N2OS/c1-3-7-18(16(19)15-11(2)6-8-20-15)14-9-12-4-5-13(10-14)17-12/h6,8,12-14,17H,3-5,7,9-10H2,1-2H3. The monoisotopic (exact) mass is 292 g/mol. The highest BCUT2D eigenvalue weighted by atomic mass is 32.1. The highest BCUT2D eigenvalue weighted by Gasteiger charge is 2.37. The molecule has 110 valence electrons. The summed E-state index contributed by atoms with van der Waals surface area (Å²) in [5.41, 5.74) is 1.12. The fourth-order valence-corrected chi connectivity index (χ4v) is 4.58. The molecule has 1 amide bonds. The first-order valence-corrected chi connectivity index (χ1v) is 8.68. The molecule has 2 unspecified atom stereocenters. The molecule has 0 aliphatic carbocycles. The third-order valence-corrected chi connectivity index (χ3v) is 5.68. The van der Waals surface area contributed by atoms with Crippen molar-refractivity contribution in [1.82, 2.24) is 10.2 Å². The summed E-state index contributed by atoms with van der Waals surface area (Å²) >= 11 is 1.59. The van der Waals surface area contributed by atoms with Gasteiger partial charge in [0.15, 0.2) is 0 Å². The van der Waals surface area contributed by atoms with Crippen LogP contribution >= 0.6 is 11.3 Å². The molecule has 1 N–H and O–H groups in total. The van der Waals surface area contributed by atoms with E-state index in [1.807, 2.05) is 18.4 Å². The van der Waals surface area contributed by atoms with Crippen LogP contribution in [-0.4, -0.2) is 35.5 Å². The zero-order valence-corrected chi connectivity index (χ0v) is 13.2. The van der Waals surface area contributed by atoms with Crippen molar-refractivity contribution >= 4 is 17.2 Å². The van der Waals surface area contributed by atoms with Crippen LogP contribution in [0.3, 0.4) is 0 Å². The number of rotatable bonds is 4. The molecule has 2 fully saturated rings. The number of piperidine rings is 1. The molecular formula is C16H24N2OS. The molecule has 3 rings (SSSR count). The summed E-state index contributed by atoms with van der Waals surface area (Å²) in [4.78, 5) is 16.0. The number of fused-ring (bicyclic) bond motifs is 2. The Hall–Kier alpha value is -0.870. The van der Waals surface area contributed by atoms with Crippen LogP contribution in [0.25, 0.3) is 0 Å². The summed E-state index contributed by atoms with van der Waals surface area (Å²) in [5, 5.41) is 5.69. The van der Waals surface area contributed by atoms with Crippen LogP contribution in [0.1, 0.15) is 54.3 Å². The van der Waals surface area contributed by atoms with Gasteiger partial charge in [0.25, 0.3) is 5.91 Å². The predicted molar refractivity (Wildman–Crippen MR) is 83.4 cm³/mol. The summed E-state index contributed by atoms with van der Waals surface area (Å²) < 4.78 is 0. The summed E-state index contributed by atoms with van der Waals surface area (Å²) in [6.07, 6.45) is 5.87. The molecule has 1 aromatic heterocycles. The normalized spacial score (nSPS) is 28.6. The van der Waals surface area contributed by atoms with Gasteiger partial charge in [0.1, 0.15) is 0 Å². The lowest BCUT2D eigenvalue weighted by atomic mass is 9.97. The Kier molecular flexibility index (Phi) is 4.13. The van der Waals surface area contributed by atoms with E-state index in [4.69, 9.17) is 0 Å². The molecule has 2 aliphatic rings. The first kappa shape index (κ1) is 14.1. The molecule has 2 aliphatic heterocycles. The summed E-state index contributed by atoms with van der Waals surface area (Å²) in [6.45, 7) is 5.09. The lowest BCUT2D eigenvalue weighted by Crippen LogP contribution is -2.50. The SMILES string of the molecule is CCCN(C(=O)c1sccc1C)C1CC2CCC(C1)N2. The molecular weight excluding hydrogens is 268 g/mol. The van der Waals surface area contributed by atoms with Gasteiger partial charge >= 0.3 is 0 Å². The maximum atomic E-state index is 12.9. The fraction of sp³-hybridized carbons (Fsp3) is 0.688. The average Bonchev–Trinajstić information content (AvgIpc) is 3.01. The van der Waals surface area contributed by atoms with Crippen LogP contribution in [-0.2, 0) is 0 Å². The van der Waals surface area contributed by atoms with Gasteiger partial charge in [0.05, 0.1) is 4.88 Å². The molecule has 3 nitrogen and oxygen atoms in total. The van der Waals surface area contributed by atoms with E-state index in [-0.39, 0.29) is 5.91 Å². The Balaban J connectivity index is 1.78. The summed E-state index contributed by atoms with van der Waals surface area (Å²) in [5.74, 6) is 0.255. The maximum Gasteiger partial charge on any atom is 0.264 e. The molecule has 2 bridgehead atoms. The molecule has 0 saturated carbocycles. The number of nitrogens with one attached hydrogen (secondary N) is 1. The van der Waals surface area contributed by atoms with E-state index in [0.29, 0.717) is 18.1 Å². The zero-order chi connectivity index (χ0) is 14.1. The second-order valence-electron chi connectivity index (χ2n) is 6.19. The molecule has 0 spiro atoms. The Morgan fingerprint density at radius 2 is 2.10 bits per heavy atom. The minimum Gasteiger partial charge on any atom is -0.335 e. The molecule has 20 heavy (non-hydrogen) atoms. The average molecular weight is 292 g/mol. The van der Waals surface area contributed by atoms with Crippen molar-refractivity contribution in [3.63, 3.8) is 0 Å². The van der Waals surface area contributed by atoms with Crippen LogP contribution < -0.4 is 5.32 Å². The van der Waals surface area contributed by atoms with Crippen LogP contribution in [0.15, 0.2) is 11.4 Å². The Morgan fingerprint density at radius 3 is 2.65 bits per heavy atom. The quantitative estimate of drug-likeness (QED) is 0.924. The third-order valence-electron chi connectivity index (χ3n) is 4.67. The minimum absolute atomic E-state index is 0.255. The Labute approximate surface area is 125 Å². The summed E-state index contributed by atoms with van der Waals surface area (Å²) in [7, 11) is 0. The minimum atomic E-state index is 0.255. The van der Waals surface area contributed by atoms with E-state index in [9.17, 15) is 4.79 Å². The van der Waals surface area contributed by atoms with Crippen LogP contribution in [0, 0.1) is 6.92 Å². The number of aryl methyl sites for hydroxylation is 1.